The summed E-state index contributed by atoms with van der Waals surface area (Å²) >= 11 is 0. The van der Waals surface area contributed by atoms with Crippen molar-refractivity contribution in [1.82, 2.24) is 9.31 Å². The van der Waals surface area contributed by atoms with Gasteiger partial charge >= 0.3 is 0 Å². The van der Waals surface area contributed by atoms with Crippen LogP contribution in [0.2, 0.25) is 0 Å². The van der Waals surface area contributed by atoms with Gasteiger partial charge in [-0.3, -0.25) is 0 Å². The second-order valence-electron chi connectivity index (χ2n) is 8.06. The average Bonchev–Trinajstić information content (AvgIpc) is 3.20. The smallest absolute Gasteiger partial charge is 0.211 e. The lowest BCUT2D eigenvalue weighted by Gasteiger charge is -2.50. The Balaban J connectivity index is 1.55. The van der Waals surface area contributed by atoms with Crippen LogP contribution < -0.4 is 9.47 Å². The summed E-state index contributed by atoms with van der Waals surface area (Å²) in [6.45, 7) is 0.841. The molecule has 1 spiro atoms. The maximum atomic E-state index is 12.0. The van der Waals surface area contributed by atoms with Crippen molar-refractivity contribution in [2.45, 2.75) is 31.0 Å². The van der Waals surface area contributed by atoms with Crippen molar-refractivity contribution in [2.75, 3.05) is 26.5 Å². The van der Waals surface area contributed by atoms with E-state index in [4.69, 9.17) is 14.6 Å². The number of para-hydroxylation sites is 2. The number of piperidine rings is 1. The fourth-order valence-electron chi connectivity index (χ4n) is 4.77. The number of benzene rings is 2. The van der Waals surface area contributed by atoms with Crippen LogP contribution in [0.15, 0.2) is 53.6 Å². The van der Waals surface area contributed by atoms with E-state index in [0.717, 1.165) is 34.8 Å². The Morgan fingerprint density at radius 2 is 1.80 bits per heavy atom. The molecule has 1 fully saturated rings. The monoisotopic (exact) mass is 427 g/mol. The topological polar surface area (TPSA) is 71.4 Å². The lowest BCUT2D eigenvalue weighted by molar-refractivity contribution is -0.143. The van der Waals surface area contributed by atoms with Crippen LogP contribution in [0.3, 0.4) is 0 Å². The highest BCUT2D eigenvalue weighted by molar-refractivity contribution is 7.88. The predicted molar refractivity (Wildman–Crippen MR) is 114 cm³/mol. The molecule has 2 aromatic rings. The van der Waals surface area contributed by atoms with Crippen LogP contribution in [0.1, 0.15) is 36.4 Å². The zero-order valence-corrected chi connectivity index (χ0v) is 17.9. The van der Waals surface area contributed by atoms with Crippen LogP contribution in [-0.4, -0.2) is 55.6 Å². The average molecular weight is 428 g/mol. The van der Waals surface area contributed by atoms with E-state index in [1.165, 1.54) is 10.6 Å². The quantitative estimate of drug-likeness (QED) is 0.753. The molecule has 0 aromatic heterocycles. The first-order valence-electron chi connectivity index (χ1n) is 10.1. The highest BCUT2D eigenvalue weighted by Crippen LogP contribution is 2.50. The van der Waals surface area contributed by atoms with Gasteiger partial charge in [-0.05, 0) is 18.2 Å². The third kappa shape index (κ3) is 3.06. The number of hydrogen-bond donors (Lipinski definition) is 0. The van der Waals surface area contributed by atoms with Crippen molar-refractivity contribution in [3.63, 3.8) is 0 Å². The Morgan fingerprint density at radius 3 is 2.53 bits per heavy atom. The van der Waals surface area contributed by atoms with Gasteiger partial charge in [0.05, 0.1) is 25.1 Å². The van der Waals surface area contributed by atoms with Crippen molar-refractivity contribution in [2.24, 2.45) is 5.10 Å². The molecule has 2 aromatic carbocycles. The summed E-state index contributed by atoms with van der Waals surface area (Å²) in [5.41, 5.74) is 2.41. The maximum absolute atomic E-state index is 12.0. The van der Waals surface area contributed by atoms with Gasteiger partial charge in [-0.15, -0.1) is 0 Å². The molecule has 0 aliphatic carbocycles. The van der Waals surface area contributed by atoms with Crippen molar-refractivity contribution in [3.8, 4) is 11.5 Å². The van der Waals surface area contributed by atoms with Gasteiger partial charge < -0.3 is 9.47 Å². The normalized spacial score (nSPS) is 22.8. The first kappa shape index (κ1) is 19.4. The van der Waals surface area contributed by atoms with Gasteiger partial charge in [-0.25, -0.2) is 17.7 Å². The van der Waals surface area contributed by atoms with Crippen molar-refractivity contribution in [3.05, 3.63) is 59.7 Å². The third-order valence-electron chi connectivity index (χ3n) is 6.30. The van der Waals surface area contributed by atoms with E-state index in [9.17, 15) is 8.42 Å². The Kier molecular flexibility index (Phi) is 4.52. The van der Waals surface area contributed by atoms with Crippen LogP contribution in [0.25, 0.3) is 0 Å². The van der Waals surface area contributed by atoms with Crippen LogP contribution in [0, 0.1) is 0 Å². The van der Waals surface area contributed by atoms with E-state index >= 15 is 0 Å². The zero-order valence-electron chi connectivity index (χ0n) is 17.1. The number of rotatable bonds is 3. The van der Waals surface area contributed by atoms with Gasteiger partial charge in [0, 0.05) is 43.5 Å². The lowest BCUT2D eigenvalue weighted by Crippen LogP contribution is -2.59. The van der Waals surface area contributed by atoms with E-state index in [1.807, 2.05) is 42.5 Å². The molecule has 8 heteroatoms. The predicted octanol–water partition coefficient (Wildman–Crippen LogP) is 2.99. The minimum absolute atomic E-state index is 0.0552. The molecule has 0 radical (unpaired) electrons. The highest BCUT2D eigenvalue weighted by atomic mass is 32.2. The molecule has 7 nitrogen and oxygen atoms in total. The van der Waals surface area contributed by atoms with Crippen LogP contribution >= 0.6 is 0 Å². The molecule has 3 aliphatic rings. The standard InChI is InChI=1S/C22H25N3O4S/c1-28-20-9-5-3-7-16(20)18-15-19-17-8-4-6-10-21(17)29-22(25(19)23-18)11-13-24(14-12-22)30(2,26)27/h3-10,19H,11-15H2,1-2H3/t19-/m0/s1. The number of nitrogens with zero attached hydrogens (tertiary/aromatic N) is 3. The van der Waals surface area contributed by atoms with E-state index in [0.29, 0.717) is 25.9 Å². The number of hydrazone groups is 1. The molecule has 5 rings (SSSR count). The van der Waals surface area contributed by atoms with E-state index in [2.05, 4.69) is 11.1 Å². The van der Waals surface area contributed by atoms with Crippen LogP contribution in [-0.2, 0) is 10.0 Å². The summed E-state index contributed by atoms with van der Waals surface area (Å²) in [4.78, 5) is 0. The molecule has 3 aliphatic heterocycles. The first-order valence-corrected chi connectivity index (χ1v) is 12.0. The maximum Gasteiger partial charge on any atom is 0.211 e. The van der Waals surface area contributed by atoms with Crippen molar-refractivity contribution >= 4 is 15.7 Å². The van der Waals surface area contributed by atoms with Gasteiger partial charge in [0.1, 0.15) is 11.5 Å². The second kappa shape index (κ2) is 6.99. The minimum Gasteiger partial charge on any atom is -0.496 e. The van der Waals surface area contributed by atoms with Gasteiger partial charge in [0.25, 0.3) is 0 Å². The fraction of sp³-hybridized carbons (Fsp3) is 0.409. The molecule has 1 atom stereocenters. The lowest BCUT2D eigenvalue weighted by atomic mass is 9.91. The van der Waals surface area contributed by atoms with Crippen molar-refractivity contribution in [1.29, 1.82) is 0 Å². The van der Waals surface area contributed by atoms with E-state index < -0.39 is 15.7 Å². The van der Waals surface area contributed by atoms with Crippen molar-refractivity contribution < 1.29 is 17.9 Å². The molecule has 0 N–H and O–H groups in total. The number of methoxy groups -OCH3 is 1. The summed E-state index contributed by atoms with van der Waals surface area (Å²) in [6, 6.07) is 16.1. The van der Waals surface area contributed by atoms with Crippen LogP contribution in [0.5, 0.6) is 11.5 Å². The Morgan fingerprint density at radius 1 is 1.10 bits per heavy atom. The van der Waals surface area contributed by atoms with E-state index in [-0.39, 0.29) is 6.04 Å². The molecule has 0 bridgehead atoms. The Hall–Kier alpha value is -2.58. The van der Waals surface area contributed by atoms with Gasteiger partial charge in [0.15, 0.2) is 0 Å². The summed E-state index contributed by atoms with van der Waals surface area (Å²) in [5.74, 6) is 1.66. The van der Waals surface area contributed by atoms with Gasteiger partial charge in [-0.2, -0.15) is 5.10 Å². The second-order valence-corrected chi connectivity index (χ2v) is 10.0. The number of ether oxygens (including phenoxy) is 2. The molecular weight excluding hydrogens is 402 g/mol. The molecule has 1 saturated heterocycles. The zero-order chi connectivity index (χ0) is 20.9. The first-order chi connectivity index (χ1) is 14.4. The Labute approximate surface area is 176 Å². The number of fused-ring (bicyclic) bond motifs is 4. The molecule has 0 unspecified atom stereocenters. The summed E-state index contributed by atoms with van der Waals surface area (Å²) < 4.78 is 37.7. The van der Waals surface area contributed by atoms with E-state index in [1.54, 1.807) is 7.11 Å². The minimum atomic E-state index is -3.22. The summed E-state index contributed by atoms with van der Waals surface area (Å²) in [6.07, 6.45) is 3.14. The Bertz CT molecular complexity index is 1110. The molecule has 0 amide bonds. The van der Waals surface area contributed by atoms with Gasteiger partial charge in [0.2, 0.25) is 15.7 Å². The molecule has 30 heavy (non-hydrogen) atoms. The highest BCUT2D eigenvalue weighted by Gasteiger charge is 2.52. The molecule has 3 heterocycles. The molecule has 158 valence electrons. The largest absolute Gasteiger partial charge is 0.496 e. The third-order valence-corrected chi connectivity index (χ3v) is 7.60. The number of sulfonamides is 1. The van der Waals surface area contributed by atoms with Crippen LogP contribution in [0.4, 0.5) is 0 Å². The summed E-state index contributed by atoms with van der Waals surface area (Å²) in [5, 5.41) is 7.11. The summed E-state index contributed by atoms with van der Waals surface area (Å²) in [7, 11) is -1.55. The molecular formula is C22H25N3O4S. The molecule has 0 saturated carbocycles. The van der Waals surface area contributed by atoms with Gasteiger partial charge in [-0.1, -0.05) is 30.3 Å². The SMILES string of the molecule is COc1ccccc1C1=NN2[C@@H](C1)c1ccccc1OC21CCN(S(C)(=O)=O)CC1. The fourth-order valence-corrected chi connectivity index (χ4v) is 5.62. The number of hydrogen-bond acceptors (Lipinski definition) is 6.